The minimum atomic E-state index is -2.69. The van der Waals surface area contributed by atoms with Crippen molar-refractivity contribution in [2.75, 3.05) is 31.1 Å². The van der Waals surface area contributed by atoms with Crippen molar-refractivity contribution in [3.8, 4) is 5.75 Å². The summed E-state index contributed by atoms with van der Waals surface area (Å²) in [7, 11) is -0.689. The molecule has 0 aliphatic carbocycles. The number of benzene rings is 1. The van der Waals surface area contributed by atoms with Crippen LogP contribution in [0.1, 0.15) is 24.8 Å². The quantitative estimate of drug-likeness (QED) is 0.758. The molecule has 0 bridgehead atoms. The fourth-order valence-electron chi connectivity index (χ4n) is 4.06. The smallest absolute Gasteiger partial charge is 0.345 e. The highest BCUT2D eigenvalue weighted by molar-refractivity contribution is 7.85. The van der Waals surface area contributed by atoms with E-state index in [4.69, 9.17) is 4.74 Å². The van der Waals surface area contributed by atoms with Gasteiger partial charge in [0, 0.05) is 59.0 Å². The van der Waals surface area contributed by atoms with Crippen LogP contribution in [-0.2, 0) is 22.0 Å². The summed E-state index contributed by atoms with van der Waals surface area (Å²) in [5, 5.41) is 1.14. The number of rotatable bonds is 7. The van der Waals surface area contributed by atoms with Gasteiger partial charge in [0.1, 0.15) is 11.9 Å². The molecule has 3 heterocycles. The number of halogens is 2. The molecule has 2 aliphatic rings. The number of ether oxygens (including phenoxy) is 2. The van der Waals surface area contributed by atoms with Crippen LogP contribution >= 0.6 is 0 Å². The average molecular weight is 413 g/mol. The van der Waals surface area contributed by atoms with E-state index >= 15 is 0 Å². The third-order valence-corrected chi connectivity index (χ3v) is 6.98. The van der Waals surface area contributed by atoms with Crippen LogP contribution < -0.4 is 4.74 Å². The Kier molecular flexibility index (Phi) is 6.28. The first-order chi connectivity index (χ1) is 13.6. The molecule has 2 aromatic rings. The molecule has 1 N–H and O–H groups in total. The molecule has 8 heteroatoms. The van der Waals surface area contributed by atoms with Gasteiger partial charge in [-0.3, -0.25) is 4.21 Å². The van der Waals surface area contributed by atoms with Crippen molar-refractivity contribution in [1.29, 1.82) is 0 Å². The molecule has 0 radical (unpaired) electrons. The number of aromatic nitrogens is 1. The summed E-state index contributed by atoms with van der Waals surface area (Å²) in [5.74, 6) is 2.28. The fraction of sp³-hybridized carbons (Fsp3) is 0.600. The van der Waals surface area contributed by atoms with E-state index in [9.17, 15) is 13.0 Å². The normalized spacial score (nSPS) is 26.3. The molecule has 2 saturated heterocycles. The van der Waals surface area contributed by atoms with Gasteiger partial charge >= 0.3 is 6.61 Å². The summed E-state index contributed by atoms with van der Waals surface area (Å²) in [6, 6.07) is 6.07. The molecule has 2 fully saturated rings. The van der Waals surface area contributed by atoms with Crippen LogP contribution in [0.25, 0.3) is 10.9 Å². The third-order valence-electron chi connectivity index (χ3n) is 5.60. The maximum atomic E-state index is 12.4. The van der Waals surface area contributed by atoms with E-state index in [1.165, 1.54) is 5.56 Å². The minimum Gasteiger partial charge on any atom is -0.490 e. The van der Waals surface area contributed by atoms with Crippen LogP contribution in [0.4, 0.5) is 8.78 Å². The predicted molar refractivity (Wildman–Crippen MR) is 105 cm³/mol. The lowest BCUT2D eigenvalue weighted by Crippen LogP contribution is -2.27. The Morgan fingerprint density at radius 3 is 2.82 bits per heavy atom. The summed E-state index contributed by atoms with van der Waals surface area (Å²) in [6.07, 6.45) is 4.95. The second-order valence-corrected chi connectivity index (χ2v) is 9.24. The molecular weight excluding hydrogens is 386 g/mol. The maximum absolute atomic E-state index is 12.4. The van der Waals surface area contributed by atoms with Gasteiger partial charge in [0.15, 0.2) is 0 Å². The van der Waals surface area contributed by atoms with E-state index < -0.39 is 17.4 Å². The van der Waals surface area contributed by atoms with Crippen molar-refractivity contribution in [3.63, 3.8) is 0 Å². The highest BCUT2D eigenvalue weighted by Gasteiger charge is 2.25. The number of hydrogen-bond acceptors (Lipinski definition) is 4. The highest BCUT2D eigenvalue weighted by atomic mass is 32.2. The van der Waals surface area contributed by atoms with E-state index in [1.54, 1.807) is 0 Å². The van der Waals surface area contributed by atoms with Crippen molar-refractivity contribution in [1.82, 2.24) is 9.88 Å². The number of hydrogen-bond donors (Lipinski definition) is 1. The molecule has 28 heavy (non-hydrogen) atoms. The molecule has 1 aromatic heterocycles. The van der Waals surface area contributed by atoms with Crippen LogP contribution in [0.3, 0.4) is 0 Å². The first kappa shape index (κ1) is 19.8. The number of nitrogens with zero attached hydrogens (tertiary/aromatic N) is 1. The van der Waals surface area contributed by atoms with E-state index in [-0.39, 0.29) is 12.2 Å². The molecule has 154 valence electrons. The third kappa shape index (κ3) is 4.90. The topological polar surface area (TPSA) is 54.6 Å². The molecule has 4 rings (SSSR count). The molecule has 0 unspecified atom stereocenters. The van der Waals surface area contributed by atoms with E-state index in [2.05, 4.69) is 20.7 Å². The Hall–Kier alpha value is -1.51. The first-order valence-electron chi connectivity index (χ1n) is 9.84. The predicted octanol–water partition coefficient (Wildman–Crippen LogP) is 3.31. The Morgan fingerprint density at radius 1 is 1.21 bits per heavy atom. The molecule has 2 aliphatic heterocycles. The Bertz CT molecular complexity index is 819. The molecule has 0 amide bonds. The monoisotopic (exact) mass is 412 g/mol. The fourth-order valence-corrected chi connectivity index (χ4v) is 5.31. The van der Waals surface area contributed by atoms with Gasteiger partial charge in [0.2, 0.25) is 0 Å². The number of alkyl halides is 2. The summed E-state index contributed by atoms with van der Waals surface area (Å²) in [4.78, 5) is 5.47. The number of H-pyrrole nitrogens is 1. The zero-order valence-corrected chi connectivity index (χ0v) is 16.6. The van der Waals surface area contributed by atoms with E-state index in [0.29, 0.717) is 24.5 Å². The lowest BCUT2D eigenvalue weighted by molar-refractivity contribution is -0.158. The zero-order valence-electron chi connectivity index (χ0n) is 15.7. The largest absolute Gasteiger partial charge is 0.490 e. The number of likely N-dealkylation sites (tertiary alicyclic amines) is 1. The Labute approximate surface area is 165 Å². The Balaban J connectivity index is 1.36. The van der Waals surface area contributed by atoms with Crippen molar-refractivity contribution >= 4 is 21.7 Å². The molecule has 1 aromatic carbocycles. The number of nitrogens with one attached hydrogen (secondary N) is 1. The molecule has 5 nitrogen and oxygen atoms in total. The zero-order chi connectivity index (χ0) is 19.5. The van der Waals surface area contributed by atoms with E-state index in [0.717, 1.165) is 49.0 Å². The standard InChI is InChI=1S/C20H26F2N2O3S/c21-20(22)27-17-4-8-24(13-17)7-3-14-12-23-19-2-1-16(11-18(14)19)26-15-5-9-28(25)10-6-15/h1-2,11-12,15,17,20,23H,3-10,13H2/t15?,17-,28?/m0/s1. The van der Waals surface area contributed by atoms with Crippen molar-refractivity contribution in [2.24, 2.45) is 0 Å². The van der Waals surface area contributed by atoms with Gasteiger partial charge in [0.25, 0.3) is 0 Å². The van der Waals surface area contributed by atoms with E-state index in [1.807, 2.05) is 18.3 Å². The summed E-state index contributed by atoms with van der Waals surface area (Å²) in [5.41, 5.74) is 2.26. The first-order valence-corrected chi connectivity index (χ1v) is 11.3. The van der Waals surface area contributed by atoms with Crippen LogP contribution in [-0.4, -0.2) is 64.1 Å². The van der Waals surface area contributed by atoms with Gasteiger partial charge < -0.3 is 19.4 Å². The summed E-state index contributed by atoms with van der Waals surface area (Å²) in [6.45, 7) is -0.530. The summed E-state index contributed by atoms with van der Waals surface area (Å²) >= 11 is 0. The number of aromatic amines is 1. The molecule has 1 atom stereocenters. The second kappa shape index (κ2) is 8.88. The van der Waals surface area contributed by atoms with Gasteiger partial charge in [-0.1, -0.05) is 0 Å². The van der Waals surface area contributed by atoms with Gasteiger partial charge in [0.05, 0.1) is 6.10 Å². The van der Waals surface area contributed by atoms with Gasteiger partial charge in [-0.25, -0.2) is 0 Å². The molecule has 0 saturated carbocycles. The minimum absolute atomic E-state index is 0.133. The van der Waals surface area contributed by atoms with Crippen molar-refractivity contribution in [3.05, 3.63) is 30.0 Å². The van der Waals surface area contributed by atoms with Crippen LogP contribution in [0.5, 0.6) is 5.75 Å². The second-order valence-electron chi connectivity index (χ2n) is 7.54. The Morgan fingerprint density at radius 2 is 2.04 bits per heavy atom. The SMILES string of the molecule is O=S1CCC(Oc2ccc3[nH]cc(CCN4CC[C@H](OC(F)F)C4)c3c2)CC1. The lowest BCUT2D eigenvalue weighted by Gasteiger charge is -2.22. The van der Waals surface area contributed by atoms with Crippen LogP contribution in [0.2, 0.25) is 0 Å². The average Bonchev–Trinajstić information content (AvgIpc) is 3.28. The van der Waals surface area contributed by atoms with Crippen molar-refractivity contribution in [2.45, 2.75) is 44.5 Å². The molecule has 0 spiro atoms. The summed E-state index contributed by atoms with van der Waals surface area (Å²) < 4.78 is 46.9. The lowest BCUT2D eigenvalue weighted by atomic mass is 10.1. The van der Waals surface area contributed by atoms with Gasteiger partial charge in [-0.2, -0.15) is 8.78 Å². The highest BCUT2D eigenvalue weighted by Crippen LogP contribution is 2.27. The van der Waals surface area contributed by atoms with Gasteiger partial charge in [-0.05, 0) is 49.4 Å². The molecular formula is C20H26F2N2O3S. The van der Waals surface area contributed by atoms with Crippen LogP contribution in [0.15, 0.2) is 24.4 Å². The maximum Gasteiger partial charge on any atom is 0.345 e. The van der Waals surface area contributed by atoms with Crippen molar-refractivity contribution < 1.29 is 22.5 Å². The van der Waals surface area contributed by atoms with Gasteiger partial charge in [-0.15, -0.1) is 0 Å². The van der Waals surface area contributed by atoms with Crippen LogP contribution in [0, 0.1) is 0 Å². The number of fused-ring (bicyclic) bond motifs is 1.